The summed E-state index contributed by atoms with van der Waals surface area (Å²) in [4.78, 5) is 14.1. The molecular formula is C19H23ClN2O4S. The van der Waals surface area contributed by atoms with Crippen LogP contribution in [0.25, 0.3) is 0 Å². The van der Waals surface area contributed by atoms with Crippen molar-refractivity contribution in [3.8, 4) is 5.75 Å². The van der Waals surface area contributed by atoms with Crippen molar-refractivity contribution in [2.24, 2.45) is 0 Å². The first-order valence-electron chi connectivity index (χ1n) is 8.29. The van der Waals surface area contributed by atoms with Crippen LogP contribution in [0.2, 0.25) is 5.02 Å². The predicted octanol–water partition coefficient (Wildman–Crippen LogP) is 3.48. The molecule has 2 aromatic carbocycles. The lowest BCUT2D eigenvalue weighted by Crippen LogP contribution is -2.31. The van der Waals surface area contributed by atoms with Gasteiger partial charge in [0.1, 0.15) is 12.4 Å². The number of nitrogens with one attached hydrogen (secondary N) is 1. The lowest BCUT2D eigenvalue weighted by molar-refractivity contribution is 0.0774. The summed E-state index contributed by atoms with van der Waals surface area (Å²) in [6, 6.07) is 10.4. The van der Waals surface area contributed by atoms with Crippen LogP contribution in [0.1, 0.15) is 21.5 Å². The SMILES string of the molecule is Cc1cc(C)cc(OCCN(C)C(=O)c2ccc(Cl)c(NS(C)(=O)=O)c2)c1. The van der Waals surface area contributed by atoms with E-state index in [4.69, 9.17) is 16.3 Å². The van der Waals surface area contributed by atoms with Crippen LogP contribution in [0.4, 0.5) is 5.69 Å². The minimum absolute atomic E-state index is 0.171. The fraction of sp³-hybridized carbons (Fsp3) is 0.316. The largest absolute Gasteiger partial charge is 0.492 e. The van der Waals surface area contributed by atoms with E-state index in [0.717, 1.165) is 23.1 Å². The lowest BCUT2D eigenvalue weighted by atomic mass is 10.1. The minimum Gasteiger partial charge on any atom is -0.492 e. The number of carbonyl (C=O) groups is 1. The van der Waals surface area contributed by atoms with Crippen LogP contribution in [-0.4, -0.2) is 45.7 Å². The number of anilines is 1. The van der Waals surface area contributed by atoms with Crippen LogP contribution < -0.4 is 9.46 Å². The molecule has 8 heteroatoms. The molecule has 2 aromatic rings. The van der Waals surface area contributed by atoms with Gasteiger partial charge in [0.05, 0.1) is 23.5 Å². The molecule has 1 N–H and O–H groups in total. The van der Waals surface area contributed by atoms with Gasteiger partial charge in [0.25, 0.3) is 5.91 Å². The van der Waals surface area contributed by atoms with Gasteiger partial charge in [-0.15, -0.1) is 0 Å². The van der Waals surface area contributed by atoms with Gasteiger partial charge in [-0.3, -0.25) is 9.52 Å². The fourth-order valence-electron chi connectivity index (χ4n) is 2.57. The highest BCUT2D eigenvalue weighted by atomic mass is 35.5. The number of hydrogen-bond donors (Lipinski definition) is 1. The second-order valence-electron chi connectivity index (χ2n) is 6.47. The fourth-order valence-corrected chi connectivity index (χ4v) is 3.36. The third-order valence-corrected chi connectivity index (χ3v) is 4.67. The molecule has 0 radical (unpaired) electrons. The molecule has 0 saturated carbocycles. The van der Waals surface area contributed by atoms with Crippen molar-refractivity contribution in [2.75, 3.05) is 31.2 Å². The lowest BCUT2D eigenvalue weighted by Gasteiger charge is -2.18. The first-order chi connectivity index (χ1) is 12.5. The zero-order chi connectivity index (χ0) is 20.2. The van der Waals surface area contributed by atoms with E-state index < -0.39 is 10.0 Å². The van der Waals surface area contributed by atoms with Crippen LogP contribution in [0.5, 0.6) is 5.75 Å². The number of nitrogens with zero attached hydrogens (tertiary/aromatic N) is 1. The van der Waals surface area contributed by atoms with Crippen molar-refractivity contribution in [3.05, 3.63) is 58.1 Å². The molecule has 0 unspecified atom stereocenters. The average Bonchev–Trinajstić information content (AvgIpc) is 2.54. The van der Waals surface area contributed by atoms with E-state index in [1.165, 1.54) is 17.0 Å². The van der Waals surface area contributed by atoms with Gasteiger partial charge in [-0.25, -0.2) is 8.42 Å². The Kier molecular flexibility index (Phi) is 6.73. The topological polar surface area (TPSA) is 75.7 Å². The summed E-state index contributed by atoms with van der Waals surface area (Å²) in [5, 5.41) is 0.220. The molecule has 0 fully saturated rings. The quantitative estimate of drug-likeness (QED) is 0.758. The highest BCUT2D eigenvalue weighted by Crippen LogP contribution is 2.24. The van der Waals surface area contributed by atoms with E-state index in [2.05, 4.69) is 10.8 Å². The summed E-state index contributed by atoms with van der Waals surface area (Å²) in [5.41, 5.74) is 2.73. The van der Waals surface area contributed by atoms with Crippen LogP contribution in [0, 0.1) is 13.8 Å². The third-order valence-electron chi connectivity index (χ3n) is 3.75. The number of rotatable bonds is 7. The van der Waals surface area contributed by atoms with Crippen molar-refractivity contribution in [3.63, 3.8) is 0 Å². The van der Waals surface area contributed by atoms with E-state index in [1.54, 1.807) is 13.1 Å². The first kappa shape index (κ1) is 21.1. The number of amides is 1. The van der Waals surface area contributed by atoms with Gasteiger partial charge in [0.15, 0.2) is 0 Å². The molecule has 0 bridgehead atoms. The summed E-state index contributed by atoms with van der Waals surface area (Å²) < 4.78 is 30.9. The molecule has 0 heterocycles. The Hall–Kier alpha value is -2.25. The van der Waals surface area contributed by atoms with Crippen molar-refractivity contribution >= 4 is 33.2 Å². The highest BCUT2D eigenvalue weighted by molar-refractivity contribution is 7.92. The summed E-state index contributed by atoms with van der Waals surface area (Å²) in [6.45, 7) is 4.72. The molecule has 2 rings (SSSR count). The maximum absolute atomic E-state index is 12.6. The summed E-state index contributed by atoms with van der Waals surface area (Å²) in [7, 11) is -1.84. The Morgan fingerprint density at radius 2 is 1.78 bits per heavy atom. The maximum atomic E-state index is 12.6. The van der Waals surface area contributed by atoms with Crippen molar-refractivity contribution in [2.45, 2.75) is 13.8 Å². The number of carbonyl (C=O) groups excluding carboxylic acids is 1. The van der Waals surface area contributed by atoms with Gasteiger partial charge >= 0.3 is 0 Å². The smallest absolute Gasteiger partial charge is 0.253 e. The number of sulfonamides is 1. The molecular weight excluding hydrogens is 388 g/mol. The van der Waals surface area contributed by atoms with E-state index in [9.17, 15) is 13.2 Å². The van der Waals surface area contributed by atoms with Crippen LogP contribution in [0.3, 0.4) is 0 Å². The zero-order valence-corrected chi connectivity index (χ0v) is 17.3. The number of aryl methyl sites for hydroxylation is 2. The Labute approximate surface area is 165 Å². The second-order valence-corrected chi connectivity index (χ2v) is 8.62. The van der Waals surface area contributed by atoms with E-state index in [-0.39, 0.29) is 16.6 Å². The molecule has 27 heavy (non-hydrogen) atoms. The van der Waals surface area contributed by atoms with Gasteiger partial charge in [0.2, 0.25) is 10.0 Å². The molecule has 0 saturated heterocycles. The van der Waals surface area contributed by atoms with Crippen LogP contribution in [-0.2, 0) is 10.0 Å². The van der Waals surface area contributed by atoms with Gasteiger partial charge in [-0.05, 0) is 55.3 Å². The molecule has 146 valence electrons. The summed E-state index contributed by atoms with van der Waals surface area (Å²) in [6.07, 6.45) is 1.02. The number of benzene rings is 2. The van der Waals surface area contributed by atoms with E-state index in [1.807, 2.05) is 26.0 Å². The normalized spacial score (nSPS) is 11.1. The monoisotopic (exact) mass is 410 g/mol. The molecule has 0 aliphatic heterocycles. The standard InChI is InChI=1S/C19H23ClN2O4S/c1-13-9-14(2)11-16(10-13)26-8-7-22(3)19(23)15-5-6-17(20)18(12-15)21-27(4,24)25/h5-6,9-12,21H,7-8H2,1-4H3. The Morgan fingerprint density at radius 1 is 1.15 bits per heavy atom. The van der Waals surface area contributed by atoms with Crippen molar-refractivity contribution in [1.82, 2.24) is 4.90 Å². The zero-order valence-electron chi connectivity index (χ0n) is 15.7. The molecule has 0 atom stereocenters. The molecule has 0 aromatic heterocycles. The Morgan fingerprint density at radius 3 is 2.37 bits per heavy atom. The third kappa shape index (κ3) is 6.45. The van der Waals surface area contributed by atoms with Crippen molar-refractivity contribution in [1.29, 1.82) is 0 Å². The number of ether oxygens (including phenoxy) is 1. The van der Waals surface area contributed by atoms with E-state index >= 15 is 0 Å². The molecule has 0 aliphatic rings. The molecule has 6 nitrogen and oxygen atoms in total. The minimum atomic E-state index is -3.49. The molecule has 0 spiro atoms. The number of likely N-dealkylation sites (N-methyl/N-ethyl adjacent to an activating group) is 1. The predicted molar refractivity (Wildman–Crippen MR) is 108 cm³/mol. The first-order valence-corrected chi connectivity index (χ1v) is 10.6. The van der Waals surface area contributed by atoms with Crippen molar-refractivity contribution < 1.29 is 17.9 Å². The van der Waals surface area contributed by atoms with Gasteiger partial charge in [-0.1, -0.05) is 17.7 Å². The summed E-state index contributed by atoms with van der Waals surface area (Å²) >= 11 is 5.99. The van der Waals surface area contributed by atoms with Gasteiger partial charge < -0.3 is 9.64 Å². The van der Waals surface area contributed by atoms with Crippen LogP contribution in [0.15, 0.2) is 36.4 Å². The number of hydrogen-bond acceptors (Lipinski definition) is 4. The number of halogens is 1. The van der Waals surface area contributed by atoms with E-state index in [0.29, 0.717) is 18.7 Å². The average molecular weight is 411 g/mol. The molecule has 1 amide bonds. The second kappa shape index (κ2) is 8.63. The maximum Gasteiger partial charge on any atom is 0.253 e. The summed E-state index contributed by atoms with van der Waals surface area (Å²) in [5.74, 6) is 0.506. The Balaban J connectivity index is 2.01. The molecule has 0 aliphatic carbocycles. The van der Waals surface area contributed by atoms with Crippen LogP contribution >= 0.6 is 11.6 Å². The highest BCUT2D eigenvalue weighted by Gasteiger charge is 2.15. The Bertz CT molecular complexity index is 924. The van der Waals surface area contributed by atoms with Gasteiger partial charge in [0, 0.05) is 12.6 Å². The van der Waals surface area contributed by atoms with Gasteiger partial charge in [-0.2, -0.15) is 0 Å².